The molecule has 0 saturated heterocycles. The normalized spacial score (nSPS) is 20.2. The maximum atomic E-state index is 12.0. The number of carbonyl (C=O) groups excluding carboxylic acids is 1. The van der Waals surface area contributed by atoms with E-state index >= 15 is 0 Å². The summed E-state index contributed by atoms with van der Waals surface area (Å²) in [5.74, 6) is 0.409. The smallest absolute Gasteiger partial charge is 0.166 e. The van der Waals surface area contributed by atoms with E-state index in [-0.39, 0.29) is 11.7 Å². The van der Waals surface area contributed by atoms with Gasteiger partial charge in [-0.05, 0) is 43.5 Å². The predicted molar refractivity (Wildman–Crippen MR) is 62.3 cm³/mol. The van der Waals surface area contributed by atoms with Gasteiger partial charge in [-0.15, -0.1) is 0 Å². The second-order valence-corrected chi connectivity index (χ2v) is 4.29. The Morgan fingerprint density at radius 1 is 1.20 bits per heavy atom. The SMILES string of the molecule is O=C(c1ccc(Cl)cc1)C1CC=CCC1. The zero-order valence-corrected chi connectivity index (χ0v) is 9.20. The van der Waals surface area contributed by atoms with Crippen molar-refractivity contribution in [1.29, 1.82) is 0 Å². The van der Waals surface area contributed by atoms with Crippen LogP contribution in [0.2, 0.25) is 5.02 Å². The predicted octanol–water partition coefficient (Wildman–Crippen LogP) is 3.88. The third kappa shape index (κ3) is 2.48. The number of rotatable bonds is 2. The van der Waals surface area contributed by atoms with Crippen molar-refractivity contribution in [3.8, 4) is 0 Å². The van der Waals surface area contributed by atoms with Crippen molar-refractivity contribution in [2.75, 3.05) is 0 Å². The van der Waals surface area contributed by atoms with Crippen molar-refractivity contribution in [1.82, 2.24) is 0 Å². The van der Waals surface area contributed by atoms with Gasteiger partial charge in [-0.25, -0.2) is 0 Å². The molecule has 0 aliphatic heterocycles. The van der Waals surface area contributed by atoms with E-state index in [9.17, 15) is 4.79 Å². The van der Waals surface area contributed by atoms with Crippen molar-refractivity contribution in [2.45, 2.75) is 19.3 Å². The Hall–Kier alpha value is -1.08. The van der Waals surface area contributed by atoms with E-state index < -0.39 is 0 Å². The summed E-state index contributed by atoms with van der Waals surface area (Å²) in [7, 11) is 0. The molecule has 0 saturated carbocycles. The second-order valence-electron chi connectivity index (χ2n) is 3.85. The van der Waals surface area contributed by atoms with Gasteiger partial charge in [0.1, 0.15) is 0 Å². The minimum absolute atomic E-state index is 0.163. The first-order chi connectivity index (χ1) is 7.27. The highest BCUT2D eigenvalue weighted by Crippen LogP contribution is 2.23. The molecule has 1 unspecified atom stereocenters. The first-order valence-corrected chi connectivity index (χ1v) is 5.60. The van der Waals surface area contributed by atoms with E-state index in [0.29, 0.717) is 5.02 Å². The number of halogens is 1. The summed E-state index contributed by atoms with van der Waals surface area (Å²) in [4.78, 5) is 12.0. The molecule has 0 heterocycles. The van der Waals surface area contributed by atoms with E-state index in [0.717, 1.165) is 24.8 Å². The molecule has 15 heavy (non-hydrogen) atoms. The number of ketones is 1. The highest BCUT2D eigenvalue weighted by Gasteiger charge is 2.19. The fraction of sp³-hybridized carbons (Fsp3) is 0.308. The highest BCUT2D eigenvalue weighted by atomic mass is 35.5. The summed E-state index contributed by atoms with van der Waals surface area (Å²) in [5.41, 5.74) is 0.778. The van der Waals surface area contributed by atoms with Crippen LogP contribution in [0.15, 0.2) is 36.4 Å². The van der Waals surface area contributed by atoms with Crippen molar-refractivity contribution >= 4 is 17.4 Å². The molecule has 2 rings (SSSR count). The summed E-state index contributed by atoms with van der Waals surface area (Å²) in [5, 5.41) is 0.676. The van der Waals surface area contributed by atoms with Crippen LogP contribution in [-0.2, 0) is 0 Å². The number of allylic oxidation sites excluding steroid dienone is 2. The molecule has 1 aliphatic carbocycles. The Morgan fingerprint density at radius 2 is 1.93 bits per heavy atom. The fourth-order valence-electron chi connectivity index (χ4n) is 1.88. The van der Waals surface area contributed by atoms with Crippen LogP contribution in [0.4, 0.5) is 0 Å². The average molecular weight is 221 g/mol. The van der Waals surface area contributed by atoms with Crippen LogP contribution in [0.3, 0.4) is 0 Å². The van der Waals surface area contributed by atoms with Gasteiger partial charge >= 0.3 is 0 Å². The quantitative estimate of drug-likeness (QED) is 0.546. The minimum atomic E-state index is 0.163. The summed E-state index contributed by atoms with van der Waals surface area (Å²) >= 11 is 5.78. The van der Waals surface area contributed by atoms with Crippen molar-refractivity contribution in [3.05, 3.63) is 47.0 Å². The second kappa shape index (κ2) is 4.63. The lowest BCUT2D eigenvalue weighted by Crippen LogP contribution is -2.15. The number of carbonyl (C=O) groups is 1. The molecule has 0 radical (unpaired) electrons. The van der Waals surface area contributed by atoms with Gasteiger partial charge in [-0.3, -0.25) is 4.79 Å². The highest BCUT2D eigenvalue weighted by molar-refractivity contribution is 6.30. The molecule has 2 heteroatoms. The average Bonchev–Trinajstić information content (AvgIpc) is 2.30. The number of Topliss-reactive ketones (excluding diaryl/α,β-unsaturated/α-hetero) is 1. The Bertz CT molecular complexity index is 378. The summed E-state index contributed by atoms with van der Waals surface area (Å²) < 4.78 is 0. The molecule has 0 bridgehead atoms. The molecule has 1 aromatic carbocycles. The summed E-state index contributed by atoms with van der Waals surface area (Å²) in [6.45, 7) is 0. The van der Waals surface area contributed by atoms with Gasteiger partial charge < -0.3 is 0 Å². The van der Waals surface area contributed by atoms with Crippen molar-refractivity contribution < 1.29 is 4.79 Å². The Morgan fingerprint density at radius 3 is 2.53 bits per heavy atom. The van der Waals surface area contributed by atoms with Gasteiger partial charge in [0.25, 0.3) is 0 Å². The third-order valence-corrected chi connectivity index (χ3v) is 3.02. The van der Waals surface area contributed by atoms with E-state index in [1.807, 2.05) is 12.1 Å². The molecular formula is C13H13ClO. The molecule has 1 aromatic rings. The molecule has 0 fully saturated rings. The maximum Gasteiger partial charge on any atom is 0.166 e. The first kappa shape index (κ1) is 10.4. The maximum absolute atomic E-state index is 12.0. The van der Waals surface area contributed by atoms with Crippen LogP contribution >= 0.6 is 11.6 Å². The lowest BCUT2D eigenvalue weighted by atomic mass is 9.87. The van der Waals surface area contributed by atoms with E-state index in [1.165, 1.54) is 0 Å². The Labute approximate surface area is 94.8 Å². The summed E-state index contributed by atoms with van der Waals surface area (Å²) in [6.07, 6.45) is 7.11. The topological polar surface area (TPSA) is 17.1 Å². The fourth-order valence-corrected chi connectivity index (χ4v) is 2.01. The molecule has 1 nitrogen and oxygen atoms in total. The monoisotopic (exact) mass is 220 g/mol. The molecule has 0 aromatic heterocycles. The first-order valence-electron chi connectivity index (χ1n) is 5.22. The molecule has 0 N–H and O–H groups in total. The Kier molecular flexibility index (Phi) is 3.22. The summed E-state index contributed by atoms with van der Waals surface area (Å²) in [6, 6.07) is 7.16. The lowest BCUT2D eigenvalue weighted by Gasteiger charge is -2.16. The van der Waals surface area contributed by atoms with Gasteiger partial charge in [0.05, 0.1) is 0 Å². The molecule has 0 amide bonds. The number of hydrogen-bond acceptors (Lipinski definition) is 1. The van der Waals surface area contributed by atoms with Crippen LogP contribution in [0.25, 0.3) is 0 Å². The molecular weight excluding hydrogens is 208 g/mol. The lowest BCUT2D eigenvalue weighted by molar-refractivity contribution is 0.0912. The molecule has 0 spiro atoms. The van der Waals surface area contributed by atoms with Crippen molar-refractivity contribution in [3.63, 3.8) is 0 Å². The standard InChI is InChI=1S/C13H13ClO/c14-12-8-6-11(7-9-12)13(15)10-4-2-1-3-5-10/h1-2,6-10H,3-5H2. The molecule has 1 aliphatic rings. The van der Waals surface area contributed by atoms with E-state index in [2.05, 4.69) is 12.2 Å². The van der Waals surface area contributed by atoms with Gasteiger partial charge in [0.15, 0.2) is 5.78 Å². The van der Waals surface area contributed by atoms with Gasteiger partial charge in [0.2, 0.25) is 0 Å². The van der Waals surface area contributed by atoms with Gasteiger partial charge in [-0.1, -0.05) is 23.8 Å². The van der Waals surface area contributed by atoms with Crippen molar-refractivity contribution in [2.24, 2.45) is 5.92 Å². The Balaban J connectivity index is 2.13. The van der Waals surface area contributed by atoms with Crippen LogP contribution in [0, 0.1) is 5.92 Å². The minimum Gasteiger partial charge on any atom is -0.294 e. The van der Waals surface area contributed by atoms with Gasteiger partial charge in [-0.2, -0.15) is 0 Å². The number of benzene rings is 1. The van der Waals surface area contributed by atoms with Crippen LogP contribution in [0.5, 0.6) is 0 Å². The van der Waals surface area contributed by atoms with Crippen LogP contribution in [0.1, 0.15) is 29.6 Å². The third-order valence-electron chi connectivity index (χ3n) is 2.77. The van der Waals surface area contributed by atoms with Crippen LogP contribution < -0.4 is 0 Å². The zero-order chi connectivity index (χ0) is 10.7. The number of hydrogen-bond donors (Lipinski definition) is 0. The molecule has 1 atom stereocenters. The van der Waals surface area contributed by atoms with E-state index in [1.54, 1.807) is 12.1 Å². The van der Waals surface area contributed by atoms with Gasteiger partial charge in [0, 0.05) is 16.5 Å². The zero-order valence-electron chi connectivity index (χ0n) is 8.45. The van der Waals surface area contributed by atoms with E-state index in [4.69, 9.17) is 11.6 Å². The van der Waals surface area contributed by atoms with Crippen LogP contribution in [-0.4, -0.2) is 5.78 Å². The largest absolute Gasteiger partial charge is 0.294 e. The molecule has 78 valence electrons.